The number of halogens is 1. The molecule has 1 heterocycles. The molecule has 2 aromatic rings. The summed E-state index contributed by atoms with van der Waals surface area (Å²) in [7, 11) is 0. The fourth-order valence-electron chi connectivity index (χ4n) is 2.05. The average molecular weight is 278 g/mol. The van der Waals surface area contributed by atoms with Crippen molar-refractivity contribution in [2.45, 2.75) is 19.8 Å². The van der Waals surface area contributed by atoms with Crippen molar-refractivity contribution in [3.63, 3.8) is 0 Å². The van der Waals surface area contributed by atoms with Crippen LogP contribution >= 0.6 is 11.6 Å². The summed E-state index contributed by atoms with van der Waals surface area (Å²) >= 11 is 5.88. The van der Waals surface area contributed by atoms with Crippen molar-refractivity contribution in [2.75, 3.05) is 5.32 Å². The van der Waals surface area contributed by atoms with Crippen LogP contribution in [0, 0.1) is 5.92 Å². The third-order valence-electron chi connectivity index (χ3n) is 2.94. The van der Waals surface area contributed by atoms with Crippen LogP contribution in [-0.2, 0) is 4.79 Å². The first-order valence-electron chi connectivity index (χ1n) is 6.13. The molecule has 1 unspecified atom stereocenters. The third-order valence-corrected chi connectivity index (χ3v) is 3.20. The summed E-state index contributed by atoms with van der Waals surface area (Å²) in [6, 6.07) is 7.39. The topological polar surface area (TPSA) is 57.8 Å². The number of anilines is 1. The molecule has 0 spiro atoms. The van der Waals surface area contributed by atoms with E-state index in [0.29, 0.717) is 10.7 Å². The predicted molar refractivity (Wildman–Crippen MR) is 76.2 cm³/mol. The predicted octanol–water partition coefficient (Wildman–Crippen LogP) is 3.44. The molecule has 0 fully saturated rings. The molecule has 2 rings (SSSR count). The molecule has 4 nitrogen and oxygen atoms in total. The van der Waals surface area contributed by atoms with Gasteiger partial charge in [-0.2, -0.15) is 5.10 Å². The van der Waals surface area contributed by atoms with Crippen LogP contribution in [0.5, 0.6) is 0 Å². The number of aromatic amines is 1. The number of rotatable bonds is 4. The van der Waals surface area contributed by atoms with Crippen molar-refractivity contribution < 1.29 is 4.79 Å². The highest BCUT2D eigenvalue weighted by molar-refractivity contribution is 6.30. The van der Waals surface area contributed by atoms with Gasteiger partial charge in [0.2, 0.25) is 5.91 Å². The zero-order valence-corrected chi connectivity index (χ0v) is 11.6. The van der Waals surface area contributed by atoms with E-state index in [1.54, 1.807) is 24.5 Å². The Labute approximate surface area is 117 Å². The number of hydrogen-bond donors (Lipinski definition) is 2. The molecule has 2 N–H and O–H groups in total. The number of carbonyl (C=O) groups excluding carboxylic acids is 1. The molecule has 0 saturated carbocycles. The number of amides is 1. The van der Waals surface area contributed by atoms with Gasteiger partial charge < -0.3 is 5.32 Å². The van der Waals surface area contributed by atoms with Crippen LogP contribution in [-0.4, -0.2) is 16.1 Å². The molecule has 0 aliphatic rings. The summed E-state index contributed by atoms with van der Waals surface area (Å²) in [4.78, 5) is 12.4. The smallest absolute Gasteiger partial charge is 0.232 e. The second-order valence-electron chi connectivity index (χ2n) is 4.75. The number of H-pyrrole nitrogens is 1. The van der Waals surface area contributed by atoms with Gasteiger partial charge in [-0.15, -0.1) is 0 Å². The summed E-state index contributed by atoms with van der Waals surface area (Å²) in [6.07, 6.45) is 3.23. The van der Waals surface area contributed by atoms with E-state index in [1.165, 1.54) is 0 Å². The van der Waals surface area contributed by atoms with Crippen molar-refractivity contribution in [3.8, 4) is 0 Å². The van der Waals surface area contributed by atoms with Crippen LogP contribution in [0.25, 0.3) is 0 Å². The number of nitrogens with one attached hydrogen (secondary N) is 2. The lowest BCUT2D eigenvalue weighted by Gasteiger charge is -2.20. The van der Waals surface area contributed by atoms with Crippen LogP contribution in [0.2, 0.25) is 5.02 Å². The summed E-state index contributed by atoms with van der Waals surface area (Å²) in [5.41, 5.74) is 1.63. The summed E-state index contributed by atoms with van der Waals surface area (Å²) in [5, 5.41) is 9.99. The van der Waals surface area contributed by atoms with Gasteiger partial charge in [-0.1, -0.05) is 37.6 Å². The van der Waals surface area contributed by atoms with Gasteiger partial charge in [0, 0.05) is 11.2 Å². The Morgan fingerprint density at radius 3 is 2.53 bits per heavy atom. The molecule has 0 aliphatic heterocycles. The molecular formula is C14H16ClN3O. The van der Waals surface area contributed by atoms with Gasteiger partial charge in [0.05, 0.1) is 17.8 Å². The number of hydrogen-bond acceptors (Lipinski definition) is 2. The van der Waals surface area contributed by atoms with Crippen LogP contribution < -0.4 is 5.32 Å². The fourth-order valence-corrected chi connectivity index (χ4v) is 2.17. The van der Waals surface area contributed by atoms with Crippen LogP contribution in [0.1, 0.15) is 25.3 Å². The lowest BCUT2D eigenvalue weighted by Crippen LogP contribution is -2.24. The van der Waals surface area contributed by atoms with Crippen molar-refractivity contribution in [3.05, 3.63) is 47.2 Å². The second-order valence-corrected chi connectivity index (χ2v) is 5.19. The molecule has 0 radical (unpaired) electrons. The molecule has 100 valence electrons. The molecule has 1 aromatic carbocycles. The van der Waals surface area contributed by atoms with E-state index < -0.39 is 0 Å². The van der Waals surface area contributed by atoms with Gasteiger partial charge in [0.15, 0.2) is 0 Å². The SMILES string of the molecule is CC(C)C(C(=O)Nc1cn[nH]c1)c1ccc(Cl)cc1. The molecule has 1 atom stereocenters. The first-order valence-corrected chi connectivity index (χ1v) is 6.51. The van der Waals surface area contributed by atoms with Gasteiger partial charge in [-0.25, -0.2) is 0 Å². The summed E-state index contributed by atoms with van der Waals surface area (Å²) < 4.78 is 0. The maximum Gasteiger partial charge on any atom is 0.232 e. The maximum atomic E-state index is 12.4. The molecule has 0 saturated heterocycles. The Bertz CT molecular complexity index is 534. The third kappa shape index (κ3) is 3.35. The van der Waals surface area contributed by atoms with E-state index in [9.17, 15) is 4.79 Å². The minimum atomic E-state index is -0.216. The monoisotopic (exact) mass is 277 g/mol. The van der Waals surface area contributed by atoms with E-state index in [2.05, 4.69) is 15.5 Å². The standard InChI is InChI=1S/C14H16ClN3O/c1-9(2)13(10-3-5-11(15)6-4-10)14(19)18-12-7-16-17-8-12/h3-9,13H,1-2H3,(H,16,17)(H,18,19). The van der Waals surface area contributed by atoms with E-state index in [4.69, 9.17) is 11.6 Å². The lowest BCUT2D eigenvalue weighted by molar-refractivity contribution is -0.118. The molecule has 5 heteroatoms. The Hall–Kier alpha value is -1.81. The summed E-state index contributed by atoms with van der Waals surface area (Å²) in [5.74, 6) is -0.0704. The fraction of sp³-hybridized carbons (Fsp3) is 0.286. The molecule has 1 aromatic heterocycles. The van der Waals surface area contributed by atoms with Crippen LogP contribution in [0.15, 0.2) is 36.7 Å². The minimum absolute atomic E-state index is 0.0428. The quantitative estimate of drug-likeness (QED) is 0.899. The summed E-state index contributed by atoms with van der Waals surface area (Å²) in [6.45, 7) is 4.04. The highest BCUT2D eigenvalue weighted by Gasteiger charge is 2.24. The zero-order chi connectivity index (χ0) is 13.8. The van der Waals surface area contributed by atoms with Crippen molar-refractivity contribution in [1.82, 2.24) is 10.2 Å². The van der Waals surface area contributed by atoms with Crippen molar-refractivity contribution in [1.29, 1.82) is 0 Å². The molecule has 1 amide bonds. The Balaban J connectivity index is 2.20. The maximum absolute atomic E-state index is 12.4. The average Bonchev–Trinajstić information content (AvgIpc) is 2.84. The first kappa shape index (κ1) is 13.6. The van der Waals surface area contributed by atoms with E-state index in [0.717, 1.165) is 5.56 Å². The first-order chi connectivity index (χ1) is 9.08. The minimum Gasteiger partial charge on any atom is -0.323 e. The molecule has 0 bridgehead atoms. The Morgan fingerprint density at radius 1 is 1.32 bits per heavy atom. The van der Waals surface area contributed by atoms with Gasteiger partial charge in [0.25, 0.3) is 0 Å². The van der Waals surface area contributed by atoms with Gasteiger partial charge in [-0.05, 0) is 23.6 Å². The highest BCUT2D eigenvalue weighted by atomic mass is 35.5. The Kier molecular flexibility index (Phi) is 4.22. The number of aromatic nitrogens is 2. The van der Waals surface area contributed by atoms with E-state index in [-0.39, 0.29) is 17.7 Å². The lowest BCUT2D eigenvalue weighted by atomic mass is 9.87. The number of benzene rings is 1. The van der Waals surface area contributed by atoms with Crippen molar-refractivity contribution in [2.24, 2.45) is 5.92 Å². The molecule has 19 heavy (non-hydrogen) atoms. The van der Waals surface area contributed by atoms with Crippen LogP contribution in [0.3, 0.4) is 0 Å². The molecule has 0 aliphatic carbocycles. The number of carbonyl (C=O) groups is 1. The van der Waals surface area contributed by atoms with Crippen LogP contribution in [0.4, 0.5) is 5.69 Å². The Morgan fingerprint density at radius 2 is 2.00 bits per heavy atom. The van der Waals surface area contributed by atoms with E-state index in [1.807, 2.05) is 26.0 Å². The van der Waals surface area contributed by atoms with Crippen molar-refractivity contribution >= 4 is 23.2 Å². The van der Waals surface area contributed by atoms with Gasteiger partial charge >= 0.3 is 0 Å². The normalized spacial score (nSPS) is 12.4. The van der Waals surface area contributed by atoms with E-state index >= 15 is 0 Å². The van der Waals surface area contributed by atoms with Gasteiger partial charge in [-0.3, -0.25) is 9.89 Å². The largest absolute Gasteiger partial charge is 0.323 e. The molecular weight excluding hydrogens is 262 g/mol. The highest BCUT2D eigenvalue weighted by Crippen LogP contribution is 2.27. The van der Waals surface area contributed by atoms with Gasteiger partial charge in [0.1, 0.15) is 0 Å². The zero-order valence-electron chi connectivity index (χ0n) is 10.9. The second kappa shape index (κ2) is 5.89. The number of nitrogens with zero attached hydrogens (tertiary/aromatic N) is 1.